The second kappa shape index (κ2) is 7.69. The van der Waals surface area contributed by atoms with Gasteiger partial charge in [0.1, 0.15) is 11.5 Å². The Morgan fingerprint density at radius 3 is 2.50 bits per heavy atom. The van der Waals surface area contributed by atoms with Crippen molar-refractivity contribution in [3.63, 3.8) is 0 Å². The van der Waals surface area contributed by atoms with Crippen LogP contribution in [0.4, 0.5) is 4.39 Å². The van der Waals surface area contributed by atoms with E-state index < -0.39 is 0 Å². The van der Waals surface area contributed by atoms with Gasteiger partial charge in [-0.1, -0.05) is 0 Å². The maximum Gasteiger partial charge on any atom is 0.137 e. The van der Waals surface area contributed by atoms with Crippen molar-refractivity contribution in [1.29, 1.82) is 0 Å². The fourth-order valence-electron chi connectivity index (χ4n) is 4.74. The molecule has 5 rings (SSSR count). The molecule has 0 radical (unpaired) electrons. The minimum atomic E-state index is -0.237. The molecule has 3 heterocycles. The summed E-state index contributed by atoms with van der Waals surface area (Å²) < 4.78 is 15.9. The highest BCUT2D eigenvalue weighted by Crippen LogP contribution is 2.40. The second-order valence-corrected chi connectivity index (χ2v) is 8.38. The topological polar surface area (TPSA) is 49.7 Å². The number of aromatic amines is 1. The molecule has 1 aromatic carbocycles. The molecule has 0 unspecified atom stereocenters. The summed E-state index contributed by atoms with van der Waals surface area (Å²) in [4.78, 5) is 14.8. The molecule has 1 aliphatic carbocycles. The number of aromatic nitrogens is 4. The Balaban J connectivity index is 1.63. The van der Waals surface area contributed by atoms with Gasteiger partial charge in [-0.25, -0.2) is 14.4 Å². The summed E-state index contributed by atoms with van der Waals surface area (Å²) in [5, 5.41) is 1.07. The van der Waals surface area contributed by atoms with Gasteiger partial charge in [0.2, 0.25) is 0 Å². The van der Waals surface area contributed by atoms with E-state index in [1.165, 1.54) is 25.0 Å². The lowest BCUT2D eigenvalue weighted by Crippen LogP contribution is -2.32. The first kappa shape index (κ1) is 19.0. The van der Waals surface area contributed by atoms with Crippen LogP contribution in [-0.2, 0) is 0 Å². The molecular weight excluding hydrogens is 377 g/mol. The highest BCUT2D eigenvalue weighted by molar-refractivity contribution is 5.95. The molecule has 0 bridgehead atoms. The Morgan fingerprint density at radius 1 is 1.00 bits per heavy atom. The number of halogens is 1. The SMILES string of the molecule is CN(C)C1CCC(n2cnc(-c3ccc(F)cc3)c2-c2ccnc3[nH]ccc23)CC1. The van der Waals surface area contributed by atoms with Gasteiger partial charge in [0, 0.05) is 41.0 Å². The lowest BCUT2D eigenvalue weighted by atomic mass is 9.90. The van der Waals surface area contributed by atoms with Gasteiger partial charge >= 0.3 is 0 Å². The minimum absolute atomic E-state index is 0.237. The highest BCUT2D eigenvalue weighted by atomic mass is 19.1. The normalized spacial score (nSPS) is 19.6. The summed E-state index contributed by atoms with van der Waals surface area (Å²) >= 11 is 0. The van der Waals surface area contributed by atoms with Crippen LogP contribution in [0.3, 0.4) is 0 Å². The highest BCUT2D eigenvalue weighted by Gasteiger charge is 2.27. The van der Waals surface area contributed by atoms with Crippen molar-refractivity contribution in [3.8, 4) is 22.5 Å². The van der Waals surface area contributed by atoms with Crippen molar-refractivity contribution in [2.75, 3.05) is 14.1 Å². The first-order chi connectivity index (χ1) is 14.6. The number of benzene rings is 1. The van der Waals surface area contributed by atoms with Crippen molar-refractivity contribution < 1.29 is 4.39 Å². The third kappa shape index (κ3) is 3.31. The number of H-pyrrole nitrogens is 1. The second-order valence-electron chi connectivity index (χ2n) is 8.38. The van der Waals surface area contributed by atoms with Crippen LogP contribution in [0.2, 0.25) is 0 Å². The Hall–Kier alpha value is -2.99. The molecule has 4 aromatic rings. The van der Waals surface area contributed by atoms with Gasteiger partial charge < -0.3 is 14.5 Å². The lowest BCUT2D eigenvalue weighted by Gasteiger charge is -2.34. The molecule has 0 atom stereocenters. The van der Waals surface area contributed by atoms with Crippen LogP contribution in [0.25, 0.3) is 33.5 Å². The van der Waals surface area contributed by atoms with Crippen molar-refractivity contribution >= 4 is 11.0 Å². The van der Waals surface area contributed by atoms with E-state index in [1.807, 2.05) is 30.9 Å². The molecule has 1 N–H and O–H groups in total. The van der Waals surface area contributed by atoms with E-state index in [9.17, 15) is 4.39 Å². The standard InChI is InChI=1S/C24H26FN5/c1-29(2)18-7-9-19(10-8-18)30-15-28-22(16-3-5-17(25)6-4-16)23(30)20-11-13-26-24-21(20)12-14-27-24/h3-6,11-15,18-19H,7-10H2,1-2H3,(H,26,27). The van der Waals surface area contributed by atoms with Crippen LogP contribution in [0.1, 0.15) is 31.7 Å². The average Bonchev–Trinajstić information content (AvgIpc) is 3.41. The van der Waals surface area contributed by atoms with Gasteiger partial charge in [-0.3, -0.25) is 0 Å². The summed E-state index contributed by atoms with van der Waals surface area (Å²) in [5.74, 6) is -0.237. The van der Waals surface area contributed by atoms with Crippen molar-refractivity contribution in [2.45, 2.75) is 37.8 Å². The number of nitrogens with one attached hydrogen (secondary N) is 1. The lowest BCUT2D eigenvalue weighted by molar-refractivity contribution is 0.196. The largest absolute Gasteiger partial charge is 0.346 e. The number of nitrogens with zero attached hydrogens (tertiary/aromatic N) is 4. The molecule has 3 aromatic heterocycles. The Morgan fingerprint density at radius 2 is 1.77 bits per heavy atom. The van der Waals surface area contributed by atoms with Gasteiger partial charge in [0.25, 0.3) is 0 Å². The third-order valence-corrected chi connectivity index (χ3v) is 6.42. The molecule has 0 saturated heterocycles. The zero-order valence-corrected chi connectivity index (χ0v) is 17.3. The monoisotopic (exact) mass is 403 g/mol. The average molecular weight is 404 g/mol. The fraction of sp³-hybridized carbons (Fsp3) is 0.333. The molecule has 5 nitrogen and oxygen atoms in total. The van der Waals surface area contributed by atoms with Gasteiger partial charge in [-0.2, -0.15) is 0 Å². The van der Waals surface area contributed by atoms with E-state index in [0.29, 0.717) is 12.1 Å². The van der Waals surface area contributed by atoms with Crippen LogP contribution in [0.15, 0.2) is 55.1 Å². The van der Waals surface area contributed by atoms with Crippen molar-refractivity contribution in [2.24, 2.45) is 0 Å². The molecule has 0 amide bonds. The molecule has 1 saturated carbocycles. The maximum atomic E-state index is 13.5. The van der Waals surface area contributed by atoms with Gasteiger partial charge in [0.15, 0.2) is 0 Å². The summed E-state index contributed by atoms with van der Waals surface area (Å²) in [6.45, 7) is 0. The molecular formula is C24H26FN5. The maximum absolute atomic E-state index is 13.5. The predicted octanol–water partition coefficient (Wildman–Crippen LogP) is 5.28. The third-order valence-electron chi connectivity index (χ3n) is 6.42. The van der Waals surface area contributed by atoms with Crippen LogP contribution in [0, 0.1) is 5.82 Å². The number of hydrogen-bond acceptors (Lipinski definition) is 3. The Bertz CT molecular complexity index is 1150. The van der Waals surface area contributed by atoms with E-state index in [1.54, 1.807) is 0 Å². The van der Waals surface area contributed by atoms with E-state index in [-0.39, 0.29) is 5.82 Å². The van der Waals surface area contributed by atoms with Gasteiger partial charge in [-0.05, 0) is 76.2 Å². The summed E-state index contributed by atoms with van der Waals surface area (Å²) in [5.41, 5.74) is 4.86. The number of hydrogen-bond donors (Lipinski definition) is 1. The molecule has 1 fully saturated rings. The first-order valence-electron chi connectivity index (χ1n) is 10.5. The van der Waals surface area contributed by atoms with E-state index in [0.717, 1.165) is 46.4 Å². The summed E-state index contributed by atoms with van der Waals surface area (Å²) in [6, 6.07) is 11.8. The molecule has 1 aliphatic rings. The molecule has 30 heavy (non-hydrogen) atoms. The quantitative estimate of drug-likeness (QED) is 0.504. The summed E-state index contributed by atoms with van der Waals surface area (Å²) in [7, 11) is 4.33. The molecule has 6 heteroatoms. The zero-order valence-electron chi connectivity index (χ0n) is 17.3. The van der Waals surface area contributed by atoms with E-state index in [4.69, 9.17) is 4.98 Å². The predicted molar refractivity (Wildman–Crippen MR) is 118 cm³/mol. The van der Waals surface area contributed by atoms with E-state index in [2.05, 4.69) is 45.7 Å². The number of imidazole rings is 1. The van der Waals surface area contributed by atoms with Gasteiger partial charge in [0.05, 0.1) is 17.7 Å². The Labute approximate surface area is 175 Å². The minimum Gasteiger partial charge on any atom is -0.346 e. The van der Waals surface area contributed by atoms with Crippen molar-refractivity contribution in [3.05, 3.63) is 60.9 Å². The van der Waals surface area contributed by atoms with E-state index >= 15 is 0 Å². The first-order valence-corrected chi connectivity index (χ1v) is 10.5. The smallest absolute Gasteiger partial charge is 0.137 e. The molecule has 154 valence electrons. The zero-order chi connectivity index (χ0) is 20.7. The molecule has 0 aliphatic heterocycles. The van der Waals surface area contributed by atoms with Crippen molar-refractivity contribution in [1.82, 2.24) is 24.4 Å². The summed E-state index contributed by atoms with van der Waals surface area (Å²) in [6.07, 6.45) is 10.3. The van der Waals surface area contributed by atoms with Crippen LogP contribution < -0.4 is 0 Å². The van der Waals surface area contributed by atoms with Crippen LogP contribution >= 0.6 is 0 Å². The molecule has 0 spiro atoms. The number of fused-ring (bicyclic) bond motifs is 1. The Kier molecular flexibility index (Phi) is 4.87. The van der Waals surface area contributed by atoms with Crippen LogP contribution in [0.5, 0.6) is 0 Å². The number of pyridine rings is 1. The van der Waals surface area contributed by atoms with Gasteiger partial charge in [-0.15, -0.1) is 0 Å². The number of rotatable bonds is 4. The fourth-order valence-corrected chi connectivity index (χ4v) is 4.74. The van der Waals surface area contributed by atoms with Crippen LogP contribution in [-0.4, -0.2) is 44.6 Å².